The maximum absolute atomic E-state index is 14.1. The summed E-state index contributed by atoms with van der Waals surface area (Å²) in [5, 5.41) is 7.40. The highest BCUT2D eigenvalue weighted by atomic mass is 32.1. The molecule has 96 valence electrons. The number of hydrogen-bond acceptors (Lipinski definition) is 2. The van der Waals surface area contributed by atoms with Crippen molar-refractivity contribution in [3.63, 3.8) is 0 Å². The van der Waals surface area contributed by atoms with Crippen molar-refractivity contribution in [1.29, 1.82) is 0 Å². The van der Waals surface area contributed by atoms with E-state index in [-0.39, 0.29) is 11.9 Å². The summed E-state index contributed by atoms with van der Waals surface area (Å²) < 4.78 is 14.1. The number of halogens is 1. The van der Waals surface area contributed by atoms with Gasteiger partial charge in [0.2, 0.25) is 0 Å². The van der Waals surface area contributed by atoms with Crippen LogP contribution in [0, 0.1) is 19.7 Å². The Morgan fingerprint density at radius 1 is 1.33 bits per heavy atom. The Labute approximate surface area is 112 Å². The van der Waals surface area contributed by atoms with Crippen LogP contribution >= 0.6 is 11.3 Å². The maximum Gasteiger partial charge on any atom is 0.128 e. The van der Waals surface area contributed by atoms with Gasteiger partial charge in [-0.1, -0.05) is 6.07 Å². The summed E-state index contributed by atoms with van der Waals surface area (Å²) in [6.07, 6.45) is 0.820. The Balaban J connectivity index is 2.33. The van der Waals surface area contributed by atoms with E-state index in [9.17, 15) is 4.39 Å². The molecule has 1 atom stereocenters. The van der Waals surface area contributed by atoms with Crippen LogP contribution in [0.1, 0.15) is 28.3 Å². The Hall–Kier alpha value is -1.19. The van der Waals surface area contributed by atoms with Crippen LogP contribution < -0.4 is 5.32 Å². The molecule has 0 radical (unpaired) electrons. The fourth-order valence-electron chi connectivity index (χ4n) is 2.36. The van der Waals surface area contributed by atoms with E-state index < -0.39 is 0 Å². The van der Waals surface area contributed by atoms with E-state index >= 15 is 0 Å². The van der Waals surface area contributed by atoms with Gasteiger partial charge >= 0.3 is 0 Å². The van der Waals surface area contributed by atoms with E-state index in [2.05, 4.69) is 22.1 Å². The van der Waals surface area contributed by atoms with Gasteiger partial charge in [-0.15, -0.1) is 0 Å². The molecule has 1 nitrogen and oxygen atoms in total. The lowest BCUT2D eigenvalue weighted by molar-refractivity contribution is 0.530. The average Bonchev–Trinajstić information content (AvgIpc) is 2.79. The Morgan fingerprint density at radius 3 is 2.67 bits per heavy atom. The molecule has 0 aliphatic heterocycles. The van der Waals surface area contributed by atoms with E-state index in [0.717, 1.165) is 23.1 Å². The number of hydrogen-bond donors (Lipinski definition) is 1. The van der Waals surface area contributed by atoms with Crippen LogP contribution in [-0.2, 0) is 6.42 Å². The molecule has 0 aliphatic carbocycles. The second-order valence-electron chi connectivity index (χ2n) is 4.65. The fraction of sp³-hybridized carbons (Fsp3) is 0.333. The van der Waals surface area contributed by atoms with Crippen molar-refractivity contribution < 1.29 is 4.39 Å². The second kappa shape index (κ2) is 5.63. The minimum atomic E-state index is -0.109. The lowest BCUT2D eigenvalue weighted by atomic mass is 9.94. The largest absolute Gasteiger partial charge is 0.313 e. The van der Waals surface area contributed by atoms with Gasteiger partial charge in [0.1, 0.15) is 5.82 Å². The molecule has 1 N–H and O–H groups in total. The van der Waals surface area contributed by atoms with Crippen LogP contribution in [0.25, 0.3) is 0 Å². The molecular weight excluding hydrogens is 245 g/mol. The smallest absolute Gasteiger partial charge is 0.128 e. The van der Waals surface area contributed by atoms with Gasteiger partial charge < -0.3 is 5.32 Å². The zero-order valence-electron chi connectivity index (χ0n) is 11.0. The average molecular weight is 263 g/mol. The van der Waals surface area contributed by atoms with Crippen molar-refractivity contribution in [2.24, 2.45) is 0 Å². The third-order valence-electron chi connectivity index (χ3n) is 3.20. The van der Waals surface area contributed by atoms with E-state index in [0.29, 0.717) is 0 Å². The van der Waals surface area contributed by atoms with E-state index in [1.165, 1.54) is 5.56 Å². The monoisotopic (exact) mass is 263 g/mol. The number of nitrogens with one attached hydrogen (secondary N) is 1. The molecule has 0 fully saturated rings. The first kappa shape index (κ1) is 13.2. The minimum absolute atomic E-state index is 0.0280. The van der Waals surface area contributed by atoms with Crippen molar-refractivity contribution in [2.75, 3.05) is 7.05 Å². The molecule has 0 spiro atoms. The third kappa shape index (κ3) is 2.79. The Kier molecular flexibility index (Phi) is 4.15. The molecule has 2 rings (SSSR count). The van der Waals surface area contributed by atoms with Gasteiger partial charge in [0.25, 0.3) is 0 Å². The molecule has 1 unspecified atom stereocenters. The van der Waals surface area contributed by atoms with Crippen molar-refractivity contribution >= 4 is 11.3 Å². The minimum Gasteiger partial charge on any atom is -0.313 e. The molecule has 0 bridgehead atoms. The van der Waals surface area contributed by atoms with Gasteiger partial charge in [-0.3, -0.25) is 0 Å². The number of benzene rings is 1. The number of aryl methyl sites for hydroxylation is 2. The van der Waals surface area contributed by atoms with Crippen LogP contribution in [0.2, 0.25) is 0 Å². The number of thiophene rings is 1. The standard InChI is InChI=1S/C15H18FNS/c1-10-6-11(2)15(13(16)7-10)14(17-3)8-12-4-5-18-9-12/h4-7,9,14,17H,8H2,1-3H3. The molecule has 18 heavy (non-hydrogen) atoms. The quantitative estimate of drug-likeness (QED) is 0.879. The fourth-order valence-corrected chi connectivity index (χ4v) is 3.04. The van der Waals surface area contributed by atoms with Gasteiger partial charge in [-0.05, 0) is 66.9 Å². The molecule has 2 aromatic rings. The summed E-state index contributed by atoms with van der Waals surface area (Å²) in [4.78, 5) is 0. The molecule has 0 amide bonds. The van der Waals surface area contributed by atoms with Gasteiger partial charge in [0.15, 0.2) is 0 Å². The van der Waals surface area contributed by atoms with Gasteiger partial charge in [0.05, 0.1) is 0 Å². The van der Waals surface area contributed by atoms with Crippen LogP contribution in [0.5, 0.6) is 0 Å². The van der Waals surface area contributed by atoms with Gasteiger partial charge in [-0.2, -0.15) is 11.3 Å². The van der Waals surface area contributed by atoms with Crippen molar-refractivity contribution in [2.45, 2.75) is 26.3 Å². The predicted molar refractivity (Wildman–Crippen MR) is 75.7 cm³/mol. The summed E-state index contributed by atoms with van der Waals surface area (Å²) in [5.74, 6) is -0.109. The second-order valence-corrected chi connectivity index (χ2v) is 5.43. The summed E-state index contributed by atoms with van der Waals surface area (Å²) in [7, 11) is 1.88. The van der Waals surface area contributed by atoms with Crippen LogP contribution in [-0.4, -0.2) is 7.05 Å². The highest BCUT2D eigenvalue weighted by molar-refractivity contribution is 7.07. The van der Waals surface area contributed by atoms with E-state index in [1.807, 2.05) is 27.0 Å². The molecule has 1 heterocycles. The molecule has 3 heteroatoms. The van der Waals surface area contributed by atoms with E-state index in [4.69, 9.17) is 0 Å². The summed E-state index contributed by atoms with van der Waals surface area (Å²) in [6, 6.07) is 5.77. The zero-order chi connectivity index (χ0) is 13.1. The molecular formula is C15H18FNS. The van der Waals surface area contributed by atoms with Crippen LogP contribution in [0.4, 0.5) is 4.39 Å². The molecule has 0 saturated heterocycles. The molecule has 1 aromatic carbocycles. The maximum atomic E-state index is 14.1. The lowest BCUT2D eigenvalue weighted by Gasteiger charge is -2.19. The van der Waals surface area contributed by atoms with Gasteiger partial charge in [-0.25, -0.2) is 4.39 Å². The summed E-state index contributed by atoms with van der Waals surface area (Å²) >= 11 is 1.68. The van der Waals surface area contributed by atoms with Crippen molar-refractivity contribution in [3.8, 4) is 0 Å². The topological polar surface area (TPSA) is 12.0 Å². The number of likely N-dealkylation sites (N-methyl/N-ethyl adjacent to an activating group) is 1. The van der Waals surface area contributed by atoms with Crippen LogP contribution in [0.15, 0.2) is 29.0 Å². The SMILES string of the molecule is CNC(Cc1ccsc1)c1c(C)cc(C)cc1F. The summed E-state index contributed by atoms with van der Waals surface area (Å²) in [5.41, 5.74) is 4.02. The number of rotatable bonds is 4. The first-order chi connectivity index (χ1) is 8.61. The zero-order valence-corrected chi connectivity index (χ0v) is 11.8. The summed E-state index contributed by atoms with van der Waals surface area (Å²) in [6.45, 7) is 3.90. The van der Waals surface area contributed by atoms with Gasteiger partial charge in [0, 0.05) is 11.6 Å². The third-order valence-corrected chi connectivity index (χ3v) is 3.93. The highest BCUT2D eigenvalue weighted by Crippen LogP contribution is 2.26. The normalized spacial score (nSPS) is 12.7. The Morgan fingerprint density at radius 2 is 2.11 bits per heavy atom. The van der Waals surface area contributed by atoms with Crippen molar-refractivity contribution in [1.82, 2.24) is 5.32 Å². The van der Waals surface area contributed by atoms with Crippen LogP contribution in [0.3, 0.4) is 0 Å². The lowest BCUT2D eigenvalue weighted by Crippen LogP contribution is -2.21. The molecule has 0 saturated carbocycles. The molecule has 1 aromatic heterocycles. The first-order valence-electron chi connectivity index (χ1n) is 6.06. The van der Waals surface area contributed by atoms with Crippen molar-refractivity contribution in [3.05, 3.63) is 57.0 Å². The predicted octanol–water partition coefficient (Wildman–Crippen LogP) is 4.01. The molecule has 0 aliphatic rings. The Bertz CT molecular complexity index is 496. The highest BCUT2D eigenvalue weighted by Gasteiger charge is 2.17. The first-order valence-corrected chi connectivity index (χ1v) is 7.01. The van der Waals surface area contributed by atoms with E-state index in [1.54, 1.807) is 17.4 Å².